The summed E-state index contributed by atoms with van der Waals surface area (Å²) in [5.74, 6) is 0.0756. The molecule has 122 valence electrons. The summed E-state index contributed by atoms with van der Waals surface area (Å²) in [7, 11) is 1.71. The Morgan fingerprint density at radius 1 is 1.61 bits per heavy atom. The van der Waals surface area contributed by atoms with Gasteiger partial charge in [-0.25, -0.2) is 4.98 Å². The van der Waals surface area contributed by atoms with E-state index in [0.717, 1.165) is 18.5 Å². The first-order valence-corrected chi connectivity index (χ1v) is 7.67. The van der Waals surface area contributed by atoms with E-state index in [1.165, 1.54) is 4.90 Å². The predicted molar refractivity (Wildman–Crippen MR) is 86.5 cm³/mol. The molecule has 0 spiro atoms. The maximum Gasteiger partial charge on any atom is 0.274 e. The zero-order valence-electron chi connectivity index (χ0n) is 13.1. The molecule has 3 rings (SSSR count). The molecule has 0 bridgehead atoms. The molecule has 23 heavy (non-hydrogen) atoms. The number of carbonyl (C=O) groups is 1. The van der Waals surface area contributed by atoms with Crippen LogP contribution in [0, 0.1) is 0 Å². The van der Waals surface area contributed by atoms with E-state index in [1.807, 2.05) is 0 Å². The number of amides is 1. The van der Waals surface area contributed by atoms with E-state index in [-0.39, 0.29) is 24.6 Å². The summed E-state index contributed by atoms with van der Waals surface area (Å²) in [5.41, 5.74) is 1.35. The van der Waals surface area contributed by atoms with Crippen LogP contribution < -0.4 is 5.56 Å². The van der Waals surface area contributed by atoms with Crippen molar-refractivity contribution >= 4 is 16.9 Å². The van der Waals surface area contributed by atoms with Crippen LogP contribution in [0.4, 0.5) is 0 Å². The normalized spacial score (nSPS) is 14.2. The van der Waals surface area contributed by atoms with E-state index < -0.39 is 0 Å². The molecule has 2 N–H and O–H groups in total. The minimum Gasteiger partial charge on any atom is -0.395 e. The topological polar surface area (TPSA) is 91.2 Å². The Hall–Kier alpha value is -2.41. The van der Waals surface area contributed by atoms with Gasteiger partial charge in [-0.05, 0) is 18.9 Å². The van der Waals surface area contributed by atoms with Crippen LogP contribution in [-0.4, -0.2) is 50.4 Å². The average Bonchev–Trinajstić information content (AvgIpc) is 3.33. The molecule has 0 radical (unpaired) electrons. The first kappa shape index (κ1) is 15.5. The Morgan fingerprint density at radius 2 is 2.35 bits per heavy atom. The lowest BCUT2D eigenvalue weighted by Crippen LogP contribution is -2.34. The van der Waals surface area contributed by atoms with Gasteiger partial charge in [-0.2, -0.15) is 0 Å². The van der Waals surface area contributed by atoms with Crippen LogP contribution >= 0.6 is 0 Å². The van der Waals surface area contributed by atoms with Crippen molar-refractivity contribution in [2.24, 2.45) is 7.05 Å². The highest BCUT2D eigenvalue weighted by molar-refractivity contribution is 6.05. The zero-order chi connectivity index (χ0) is 16.6. The Morgan fingerprint density at radius 3 is 2.96 bits per heavy atom. The summed E-state index contributed by atoms with van der Waals surface area (Å²) in [5, 5.41) is 12.1. The number of hydrogen-bond donors (Lipinski definition) is 2. The molecular formula is C16H20N4O3. The number of aromatic amines is 1. The standard InChI is InChI=1S/C16H20N4O3/c1-3-6-20(7-8-21)16(23)11-9-12(10-4-5-10)17-14-13(11)15(22)18-19(14)2/h3,9-10,21H,1,4-8H2,2H3,(H,18,22). The first-order valence-electron chi connectivity index (χ1n) is 7.67. The summed E-state index contributed by atoms with van der Waals surface area (Å²) in [4.78, 5) is 31.1. The van der Waals surface area contributed by atoms with E-state index >= 15 is 0 Å². The van der Waals surface area contributed by atoms with Crippen LogP contribution in [-0.2, 0) is 7.05 Å². The molecule has 0 saturated heterocycles. The molecule has 7 nitrogen and oxygen atoms in total. The number of aromatic nitrogens is 3. The second-order valence-electron chi connectivity index (χ2n) is 5.83. The van der Waals surface area contributed by atoms with Crippen LogP contribution in [0.15, 0.2) is 23.5 Å². The molecule has 2 aromatic heterocycles. The molecule has 1 fully saturated rings. The minimum absolute atomic E-state index is 0.144. The molecule has 1 saturated carbocycles. The van der Waals surface area contributed by atoms with Gasteiger partial charge in [-0.1, -0.05) is 6.08 Å². The monoisotopic (exact) mass is 316 g/mol. The van der Waals surface area contributed by atoms with Crippen molar-refractivity contribution in [3.05, 3.63) is 40.3 Å². The predicted octanol–water partition coefficient (Wildman–Crippen LogP) is 0.759. The number of H-pyrrole nitrogens is 1. The highest BCUT2D eigenvalue weighted by Crippen LogP contribution is 2.40. The number of carbonyl (C=O) groups excluding carboxylic acids is 1. The number of aryl methyl sites for hydroxylation is 1. The number of nitrogens with one attached hydrogen (secondary N) is 1. The van der Waals surface area contributed by atoms with Crippen molar-refractivity contribution in [1.29, 1.82) is 0 Å². The van der Waals surface area contributed by atoms with Crippen LogP contribution in [0.2, 0.25) is 0 Å². The van der Waals surface area contributed by atoms with Gasteiger partial charge in [0.1, 0.15) is 0 Å². The number of nitrogens with zero attached hydrogens (tertiary/aromatic N) is 3. The molecule has 0 atom stereocenters. The highest BCUT2D eigenvalue weighted by atomic mass is 16.3. The van der Waals surface area contributed by atoms with Crippen molar-refractivity contribution in [3.8, 4) is 0 Å². The molecular weight excluding hydrogens is 296 g/mol. The summed E-state index contributed by atoms with van der Waals surface area (Å²) in [6.07, 6.45) is 3.71. The third-order valence-electron chi connectivity index (χ3n) is 4.07. The molecule has 1 aliphatic carbocycles. The summed E-state index contributed by atoms with van der Waals surface area (Å²) >= 11 is 0. The molecule has 1 amide bonds. The minimum atomic E-state index is -0.330. The van der Waals surface area contributed by atoms with Crippen molar-refractivity contribution in [3.63, 3.8) is 0 Å². The highest BCUT2D eigenvalue weighted by Gasteiger charge is 2.29. The van der Waals surface area contributed by atoms with Gasteiger partial charge in [0.15, 0.2) is 5.65 Å². The number of rotatable bonds is 6. The van der Waals surface area contributed by atoms with Gasteiger partial charge in [0.2, 0.25) is 0 Å². The zero-order valence-corrected chi connectivity index (χ0v) is 13.1. The Labute approximate surface area is 133 Å². The lowest BCUT2D eigenvalue weighted by atomic mass is 10.1. The van der Waals surface area contributed by atoms with Gasteiger partial charge < -0.3 is 10.0 Å². The smallest absolute Gasteiger partial charge is 0.274 e. The molecule has 0 aliphatic heterocycles. The average molecular weight is 316 g/mol. The van der Waals surface area contributed by atoms with E-state index in [2.05, 4.69) is 16.7 Å². The van der Waals surface area contributed by atoms with Crippen LogP contribution in [0.1, 0.15) is 34.8 Å². The Bertz CT molecular complexity index is 817. The van der Waals surface area contributed by atoms with Crippen molar-refractivity contribution < 1.29 is 9.90 Å². The number of fused-ring (bicyclic) bond motifs is 1. The molecule has 0 aromatic carbocycles. The summed E-state index contributed by atoms with van der Waals surface area (Å²) < 4.78 is 1.55. The lowest BCUT2D eigenvalue weighted by molar-refractivity contribution is 0.0744. The van der Waals surface area contributed by atoms with Gasteiger partial charge in [-0.15, -0.1) is 6.58 Å². The van der Waals surface area contributed by atoms with E-state index in [9.17, 15) is 14.7 Å². The van der Waals surface area contributed by atoms with Crippen molar-refractivity contribution in [2.75, 3.05) is 19.7 Å². The van der Waals surface area contributed by atoms with Crippen LogP contribution in [0.25, 0.3) is 11.0 Å². The largest absolute Gasteiger partial charge is 0.395 e. The SMILES string of the molecule is C=CCN(CCO)C(=O)c1cc(C2CC2)nc2c1c(=O)[nH]n2C. The summed E-state index contributed by atoms with van der Waals surface area (Å²) in [6, 6.07) is 1.73. The van der Waals surface area contributed by atoms with Gasteiger partial charge in [0, 0.05) is 31.7 Å². The second kappa shape index (κ2) is 6.00. The van der Waals surface area contributed by atoms with Crippen molar-refractivity contribution in [2.45, 2.75) is 18.8 Å². The molecule has 2 aromatic rings. The quantitative estimate of drug-likeness (QED) is 0.770. The third-order valence-corrected chi connectivity index (χ3v) is 4.07. The number of aliphatic hydroxyl groups is 1. The van der Waals surface area contributed by atoms with Gasteiger partial charge in [0.05, 0.1) is 17.6 Å². The van der Waals surface area contributed by atoms with Gasteiger partial charge >= 0.3 is 0 Å². The number of pyridine rings is 1. The van der Waals surface area contributed by atoms with Gasteiger partial charge in [0.25, 0.3) is 11.5 Å². The van der Waals surface area contributed by atoms with Crippen LogP contribution in [0.5, 0.6) is 0 Å². The lowest BCUT2D eigenvalue weighted by Gasteiger charge is -2.20. The van der Waals surface area contributed by atoms with E-state index in [4.69, 9.17) is 0 Å². The fraction of sp³-hybridized carbons (Fsp3) is 0.438. The molecule has 0 unspecified atom stereocenters. The summed E-state index contributed by atoms with van der Waals surface area (Å²) in [6.45, 7) is 4.00. The second-order valence-corrected chi connectivity index (χ2v) is 5.83. The van der Waals surface area contributed by atoms with E-state index in [1.54, 1.807) is 23.9 Å². The Kier molecular flexibility index (Phi) is 4.04. The number of aliphatic hydroxyl groups excluding tert-OH is 1. The van der Waals surface area contributed by atoms with Gasteiger partial charge in [-0.3, -0.25) is 19.4 Å². The fourth-order valence-corrected chi connectivity index (χ4v) is 2.76. The van der Waals surface area contributed by atoms with Crippen molar-refractivity contribution in [1.82, 2.24) is 19.7 Å². The van der Waals surface area contributed by atoms with E-state index in [0.29, 0.717) is 29.1 Å². The Balaban J connectivity index is 2.15. The maximum atomic E-state index is 12.9. The third kappa shape index (κ3) is 2.79. The molecule has 2 heterocycles. The maximum absolute atomic E-state index is 12.9. The van der Waals surface area contributed by atoms with Crippen LogP contribution in [0.3, 0.4) is 0 Å². The first-order chi connectivity index (χ1) is 11.1. The molecule has 7 heteroatoms. The molecule has 1 aliphatic rings. The fourth-order valence-electron chi connectivity index (χ4n) is 2.76. The number of hydrogen-bond acceptors (Lipinski definition) is 4.